The molecule has 2 aromatic heterocycles. The third kappa shape index (κ3) is 2.45. The van der Waals surface area contributed by atoms with E-state index in [9.17, 15) is 4.79 Å². The molecule has 0 aliphatic rings. The van der Waals surface area contributed by atoms with Crippen molar-refractivity contribution in [1.29, 1.82) is 0 Å². The van der Waals surface area contributed by atoms with Crippen LogP contribution in [0.2, 0.25) is 0 Å². The summed E-state index contributed by atoms with van der Waals surface area (Å²) in [6, 6.07) is 12.7. The number of rotatable bonds is 3. The highest BCUT2D eigenvalue weighted by Crippen LogP contribution is 2.22. The summed E-state index contributed by atoms with van der Waals surface area (Å²) in [4.78, 5) is 15.9. The standard InChI is InChI=1S/C17H12N4O/c1-2-12-6-5-7-13(10-12)21-11-14(16(20-21)17(18)22)15-8-3-4-9-19-15/h1,3-11H,(H2,18,22). The SMILES string of the molecule is C#Cc1cccc(-n2cc(-c3ccccn3)c(C(N)=O)n2)c1. The molecule has 0 aliphatic heterocycles. The maximum Gasteiger partial charge on any atom is 0.269 e. The average molecular weight is 288 g/mol. The Labute approximate surface area is 127 Å². The first-order valence-electron chi connectivity index (χ1n) is 6.57. The van der Waals surface area contributed by atoms with Gasteiger partial charge in [0, 0.05) is 18.0 Å². The van der Waals surface area contributed by atoms with Crippen molar-refractivity contribution >= 4 is 5.91 Å². The van der Waals surface area contributed by atoms with E-state index in [0.29, 0.717) is 11.3 Å². The van der Waals surface area contributed by atoms with Crippen LogP contribution in [0.5, 0.6) is 0 Å². The van der Waals surface area contributed by atoms with Crippen molar-refractivity contribution in [1.82, 2.24) is 14.8 Å². The fraction of sp³-hybridized carbons (Fsp3) is 0. The molecule has 2 heterocycles. The highest BCUT2D eigenvalue weighted by molar-refractivity contribution is 5.97. The van der Waals surface area contributed by atoms with Crippen LogP contribution in [0.15, 0.2) is 54.9 Å². The summed E-state index contributed by atoms with van der Waals surface area (Å²) in [5, 5.41) is 4.27. The first kappa shape index (κ1) is 13.6. The molecule has 1 amide bonds. The maximum absolute atomic E-state index is 11.6. The average Bonchev–Trinajstić information content (AvgIpc) is 3.01. The minimum absolute atomic E-state index is 0.171. The van der Waals surface area contributed by atoms with Crippen molar-refractivity contribution in [3.63, 3.8) is 0 Å². The topological polar surface area (TPSA) is 73.8 Å². The number of hydrogen-bond acceptors (Lipinski definition) is 3. The Morgan fingerprint density at radius 3 is 2.77 bits per heavy atom. The van der Waals surface area contributed by atoms with Crippen molar-refractivity contribution in [3.8, 4) is 29.3 Å². The van der Waals surface area contributed by atoms with E-state index in [1.807, 2.05) is 24.3 Å². The maximum atomic E-state index is 11.6. The van der Waals surface area contributed by atoms with E-state index in [1.165, 1.54) is 0 Å². The van der Waals surface area contributed by atoms with Crippen LogP contribution in [-0.2, 0) is 0 Å². The van der Waals surface area contributed by atoms with Crippen LogP contribution < -0.4 is 5.73 Å². The summed E-state index contributed by atoms with van der Waals surface area (Å²) in [7, 11) is 0. The lowest BCUT2D eigenvalue weighted by molar-refractivity contribution is 0.0995. The predicted octanol–water partition coefficient (Wildman–Crippen LogP) is 2.01. The molecule has 0 unspecified atom stereocenters. The zero-order chi connectivity index (χ0) is 15.5. The van der Waals surface area contributed by atoms with Gasteiger partial charge < -0.3 is 5.73 Å². The molecule has 0 saturated heterocycles. The normalized spacial score (nSPS) is 10.1. The summed E-state index contributed by atoms with van der Waals surface area (Å²) < 4.78 is 1.57. The number of hydrogen-bond donors (Lipinski definition) is 1. The zero-order valence-electron chi connectivity index (χ0n) is 11.6. The number of carbonyl (C=O) groups excluding carboxylic acids is 1. The fourth-order valence-electron chi connectivity index (χ4n) is 2.14. The number of terminal acetylenes is 1. The number of amides is 1. The molecule has 0 radical (unpaired) electrons. The van der Waals surface area contributed by atoms with Crippen LogP contribution in [0.3, 0.4) is 0 Å². The van der Waals surface area contributed by atoms with Gasteiger partial charge in [0.1, 0.15) is 0 Å². The van der Waals surface area contributed by atoms with Gasteiger partial charge in [0.05, 0.1) is 16.9 Å². The van der Waals surface area contributed by atoms with Crippen LogP contribution >= 0.6 is 0 Å². The molecule has 0 bridgehead atoms. The summed E-state index contributed by atoms with van der Waals surface area (Å²) in [6.07, 6.45) is 8.78. The molecule has 0 spiro atoms. The summed E-state index contributed by atoms with van der Waals surface area (Å²) in [6.45, 7) is 0. The van der Waals surface area contributed by atoms with Gasteiger partial charge in [-0.15, -0.1) is 6.42 Å². The Kier molecular flexibility index (Phi) is 3.42. The first-order chi connectivity index (χ1) is 10.7. The van der Waals surface area contributed by atoms with Gasteiger partial charge in [-0.3, -0.25) is 9.78 Å². The lowest BCUT2D eigenvalue weighted by Gasteiger charge is -2.01. The van der Waals surface area contributed by atoms with E-state index in [1.54, 1.807) is 35.3 Å². The van der Waals surface area contributed by atoms with Gasteiger partial charge in [0.15, 0.2) is 5.69 Å². The second-order valence-electron chi connectivity index (χ2n) is 4.61. The minimum Gasteiger partial charge on any atom is -0.364 e. The molecule has 5 heteroatoms. The molecule has 0 atom stereocenters. The molecule has 3 aromatic rings. The molecular formula is C17H12N4O. The van der Waals surface area contributed by atoms with Crippen molar-refractivity contribution < 1.29 is 4.79 Å². The van der Waals surface area contributed by atoms with Crippen molar-refractivity contribution in [3.05, 3.63) is 66.1 Å². The third-order valence-electron chi connectivity index (χ3n) is 3.17. The molecule has 0 fully saturated rings. The summed E-state index contributed by atoms with van der Waals surface area (Å²) in [5.74, 6) is 1.96. The van der Waals surface area contributed by atoms with Crippen LogP contribution in [0.1, 0.15) is 16.1 Å². The van der Waals surface area contributed by atoms with E-state index in [2.05, 4.69) is 16.0 Å². The Balaban J connectivity index is 2.15. The number of pyridine rings is 1. The molecule has 2 N–H and O–H groups in total. The van der Waals surface area contributed by atoms with Crippen LogP contribution in [0.4, 0.5) is 0 Å². The Morgan fingerprint density at radius 2 is 2.09 bits per heavy atom. The largest absolute Gasteiger partial charge is 0.364 e. The predicted molar refractivity (Wildman–Crippen MR) is 83.2 cm³/mol. The number of carbonyl (C=O) groups is 1. The number of benzene rings is 1. The molecule has 0 aliphatic carbocycles. The first-order valence-corrected chi connectivity index (χ1v) is 6.57. The molecule has 0 saturated carbocycles. The van der Waals surface area contributed by atoms with E-state index in [0.717, 1.165) is 11.3 Å². The lowest BCUT2D eigenvalue weighted by atomic mass is 10.1. The molecular weight excluding hydrogens is 276 g/mol. The smallest absolute Gasteiger partial charge is 0.269 e. The number of aromatic nitrogens is 3. The molecule has 3 rings (SSSR count). The summed E-state index contributed by atoms with van der Waals surface area (Å²) >= 11 is 0. The Bertz CT molecular complexity index is 875. The van der Waals surface area contributed by atoms with Gasteiger partial charge in [0.2, 0.25) is 0 Å². The number of nitrogens with zero attached hydrogens (tertiary/aromatic N) is 3. The highest BCUT2D eigenvalue weighted by Gasteiger charge is 2.17. The molecule has 5 nitrogen and oxygen atoms in total. The lowest BCUT2D eigenvalue weighted by Crippen LogP contribution is -2.13. The van der Waals surface area contributed by atoms with Crippen LogP contribution in [0, 0.1) is 12.3 Å². The quantitative estimate of drug-likeness (QED) is 0.749. The number of primary amides is 1. The molecule has 22 heavy (non-hydrogen) atoms. The van der Waals surface area contributed by atoms with Gasteiger partial charge in [-0.25, -0.2) is 4.68 Å². The van der Waals surface area contributed by atoms with Crippen LogP contribution in [-0.4, -0.2) is 20.7 Å². The summed E-state index contributed by atoms with van der Waals surface area (Å²) in [5.41, 5.74) is 8.29. The Hall–Kier alpha value is -3.39. The van der Waals surface area contributed by atoms with Gasteiger partial charge in [-0.05, 0) is 30.3 Å². The van der Waals surface area contributed by atoms with Gasteiger partial charge in [0.25, 0.3) is 5.91 Å². The van der Waals surface area contributed by atoms with Gasteiger partial charge >= 0.3 is 0 Å². The molecule has 106 valence electrons. The highest BCUT2D eigenvalue weighted by atomic mass is 16.1. The zero-order valence-corrected chi connectivity index (χ0v) is 11.6. The second-order valence-corrected chi connectivity index (χ2v) is 4.61. The van der Waals surface area contributed by atoms with E-state index in [-0.39, 0.29) is 5.69 Å². The van der Waals surface area contributed by atoms with E-state index < -0.39 is 5.91 Å². The minimum atomic E-state index is -0.604. The van der Waals surface area contributed by atoms with Gasteiger partial charge in [-0.2, -0.15) is 5.10 Å². The third-order valence-corrected chi connectivity index (χ3v) is 3.17. The monoisotopic (exact) mass is 288 g/mol. The second kappa shape index (κ2) is 5.54. The van der Waals surface area contributed by atoms with Crippen molar-refractivity contribution in [2.45, 2.75) is 0 Å². The van der Waals surface area contributed by atoms with Gasteiger partial charge in [-0.1, -0.05) is 18.1 Å². The van der Waals surface area contributed by atoms with Crippen LogP contribution in [0.25, 0.3) is 16.9 Å². The van der Waals surface area contributed by atoms with Crippen molar-refractivity contribution in [2.24, 2.45) is 5.73 Å². The molecule has 1 aromatic carbocycles. The number of nitrogens with two attached hydrogens (primary N) is 1. The van der Waals surface area contributed by atoms with E-state index >= 15 is 0 Å². The van der Waals surface area contributed by atoms with Crippen molar-refractivity contribution in [2.75, 3.05) is 0 Å². The van der Waals surface area contributed by atoms with E-state index in [4.69, 9.17) is 12.2 Å². The fourth-order valence-corrected chi connectivity index (χ4v) is 2.14. The Morgan fingerprint density at radius 1 is 1.23 bits per heavy atom.